The predicted molar refractivity (Wildman–Crippen MR) is 61.4 cm³/mol. The standard InChI is InChI=1S/C11H14F2N2O2/c1-7(17)9-3-2-8(4-10(9)14)15-5-11(12,13)6-16/h2-4,15-16H,5-6,14H2,1H3. The van der Waals surface area contributed by atoms with E-state index in [0.717, 1.165) is 0 Å². The molecule has 17 heavy (non-hydrogen) atoms. The minimum atomic E-state index is -3.19. The van der Waals surface area contributed by atoms with Gasteiger partial charge in [-0.2, -0.15) is 0 Å². The number of nitrogens with two attached hydrogens (primary N) is 1. The van der Waals surface area contributed by atoms with Crippen molar-refractivity contribution in [2.45, 2.75) is 12.8 Å². The molecule has 0 unspecified atom stereocenters. The average molecular weight is 244 g/mol. The molecule has 0 aromatic heterocycles. The van der Waals surface area contributed by atoms with Crippen LogP contribution in [0.2, 0.25) is 0 Å². The largest absolute Gasteiger partial charge is 0.398 e. The molecule has 0 bridgehead atoms. The summed E-state index contributed by atoms with van der Waals surface area (Å²) in [7, 11) is 0. The van der Waals surface area contributed by atoms with Crippen molar-refractivity contribution in [2.24, 2.45) is 0 Å². The number of carbonyl (C=O) groups is 1. The highest BCUT2D eigenvalue weighted by Gasteiger charge is 2.27. The Morgan fingerprint density at radius 1 is 1.53 bits per heavy atom. The Morgan fingerprint density at radius 3 is 2.65 bits per heavy atom. The van der Waals surface area contributed by atoms with Crippen LogP contribution in [-0.4, -0.2) is 30.0 Å². The molecule has 6 heteroatoms. The summed E-state index contributed by atoms with van der Waals surface area (Å²) >= 11 is 0. The zero-order valence-corrected chi connectivity index (χ0v) is 9.34. The maximum atomic E-state index is 12.7. The van der Waals surface area contributed by atoms with Gasteiger partial charge >= 0.3 is 0 Å². The number of alkyl halides is 2. The van der Waals surface area contributed by atoms with Gasteiger partial charge in [0.2, 0.25) is 0 Å². The summed E-state index contributed by atoms with van der Waals surface area (Å²) in [5.74, 6) is -3.37. The number of hydrogen-bond donors (Lipinski definition) is 3. The van der Waals surface area contributed by atoms with E-state index in [-0.39, 0.29) is 11.5 Å². The van der Waals surface area contributed by atoms with E-state index in [9.17, 15) is 13.6 Å². The maximum Gasteiger partial charge on any atom is 0.287 e. The fourth-order valence-electron chi connectivity index (χ4n) is 1.28. The highest BCUT2D eigenvalue weighted by Crippen LogP contribution is 2.20. The van der Waals surface area contributed by atoms with Crippen molar-refractivity contribution in [1.82, 2.24) is 0 Å². The second kappa shape index (κ2) is 5.09. The molecule has 0 saturated carbocycles. The van der Waals surface area contributed by atoms with Crippen molar-refractivity contribution in [1.29, 1.82) is 0 Å². The number of Topliss-reactive ketones (excluding diaryl/α,β-unsaturated/α-hetero) is 1. The summed E-state index contributed by atoms with van der Waals surface area (Å²) in [5.41, 5.74) is 6.55. The summed E-state index contributed by atoms with van der Waals surface area (Å²) in [4.78, 5) is 11.1. The third kappa shape index (κ3) is 3.67. The lowest BCUT2D eigenvalue weighted by atomic mass is 10.1. The Kier molecular flexibility index (Phi) is 4.01. The Hall–Kier alpha value is -1.69. The highest BCUT2D eigenvalue weighted by molar-refractivity contribution is 5.99. The van der Waals surface area contributed by atoms with Crippen LogP contribution < -0.4 is 11.1 Å². The molecular weight excluding hydrogens is 230 g/mol. The Bertz CT molecular complexity index is 422. The molecule has 1 aromatic rings. The van der Waals surface area contributed by atoms with Crippen molar-refractivity contribution in [3.63, 3.8) is 0 Å². The van der Waals surface area contributed by atoms with Crippen LogP contribution in [0.1, 0.15) is 17.3 Å². The van der Waals surface area contributed by atoms with Gasteiger partial charge in [0, 0.05) is 16.9 Å². The first-order valence-corrected chi connectivity index (χ1v) is 4.99. The molecule has 0 spiro atoms. The van der Waals surface area contributed by atoms with Gasteiger partial charge in [-0.25, -0.2) is 8.78 Å². The fraction of sp³-hybridized carbons (Fsp3) is 0.364. The van der Waals surface area contributed by atoms with E-state index in [4.69, 9.17) is 10.8 Å². The van der Waals surface area contributed by atoms with Gasteiger partial charge in [-0.05, 0) is 25.1 Å². The first-order chi connectivity index (χ1) is 7.85. The first-order valence-electron chi connectivity index (χ1n) is 4.99. The van der Waals surface area contributed by atoms with Gasteiger partial charge in [0.15, 0.2) is 5.78 Å². The van der Waals surface area contributed by atoms with Crippen molar-refractivity contribution in [3.8, 4) is 0 Å². The number of benzene rings is 1. The van der Waals surface area contributed by atoms with Crippen LogP contribution in [-0.2, 0) is 0 Å². The minimum Gasteiger partial charge on any atom is -0.398 e. The van der Waals surface area contributed by atoms with E-state index in [1.54, 1.807) is 0 Å². The Labute approximate surface area is 97.4 Å². The number of nitrogen functional groups attached to an aromatic ring is 1. The van der Waals surface area contributed by atoms with E-state index < -0.39 is 19.1 Å². The lowest BCUT2D eigenvalue weighted by Gasteiger charge is -2.15. The average Bonchev–Trinajstić information content (AvgIpc) is 2.26. The third-order valence-electron chi connectivity index (χ3n) is 2.21. The quantitative estimate of drug-likeness (QED) is 0.542. The summed E-state index contributed by atoms with van der Waals surface area (Å²) in [6.45, 7) is -0.540. The summed E-state index contributed by atoms with van der Waals surface area (Å²) in [6.07, 6.45) is 0. The predicted octanol–water partition coefficient (Wildman–Crippen LogP) is 1.51. The van der Waals surface area contributed by atoms with E-state index in [1.165, 1.54) is 25.1 Å². The Morgan fingerprint density at radius 2 is 2.18 bits per heavy atom. The number of nitrogens with one attached hydrogen (secondary N) is 1. The van der Waals surface area contributed by atoms with Gasteiger partial charge in [-0.15, -0.1) is 0 Å². The second-order valence-corrected chi connectivity index (χ2v) is 3.73. The smallest absolute Gasteiger partial charge is 0.287 e. The normalized spacial score (nSPS) is 11.3. The lowest BCUT2D eigenvalue weighted by Crippen LogP contribution is -2.31. The fourth-order valence-corrected chi connectivity index (χ4v) is 1.28. The molecule has 0 aliphatic heterocycles. The molecule has 0 aliphatic carbocycles. The van der Waals surface area contributed by atoms with Crippen LogP contribution in [0.5, 0.6) is 0 Å². The number of aliphatic hydroxyl groups excluding tert-OH is 1. The number of rotatable bonds is 5. The molecule has 4 N–H and O–H groups in total. The van der Waals surface area contributed by atoms with Gasteiger partial charge in [0.1, 0.15) is 6.61 Å². The zero-order valence-electron chi connectivity index (χ0n) is 9.34. The third-order valence-corrected chi connectivity index (χ3v) is 2.21. The van der Waals surface area contributed by atoms with Gasteiger partial charge in [-0.1, -0.05) is 0 Å². The number of ketones is 1. The molecule has 0 saturated heterocycles. The van der Waals surface area contributed by atoms with Gasteiger partial charge in [-0.3, -0.25) is 4.79 Å². The summed E-state index contributed by atoms with van der Waals surface area (Å²) in [6, 6.07) is 4.36. The number of anilines is 2. The molecular formula is C11H14F2N2O2. The molecule has 0 amide bonds. The monoisotopic (exact) mass is 244 g/mol. The molecule has 0 heterocycles. The van der Waals surface area contributed by atoms with Crippen LogP contribution in [0.4, 0.5) is 20.2 Å². The lowest BCUT2D eigenvalue weighted by molar-refractivity contribution is -0.0372. The molecule has 1 aromatic carbocycles. The second-order valence-electron chi connectivity index (χ2n) is 3.73. The van der Waals surface area contributed by atoms with Crippen molar-refractivity contribution >= 4 is 17.2 Å². The molecule has 0 aliphatic rings. The van der Waals surface area contributed by atoms with E-state index in [2.05, 4.69) is 5.32 Å². The highest BCUT2D eigenvalue weighted by atomic mass is 19.3. The molecule has 1 rings (SSSR count). The zero-order chi connectivity index (χ0) is 13.1. The molecule has 94 valence electrons. The van der Waals surface area contributed by atoms with Crippen LogP contribution in [0, 0.1) is 0 Å². The van der Waals surface area contributed by atoms with Crippen LogP contribution in [0.25, 0.3) is 0 Å². The number of halogens is 2. The SMILES string of the molecule is CC(=O)c1ccc(NCC(F)(F)CO)cc1N. The number of carbonyl (C=O) groups excluding carboxylic acids is 1. The van der Waals surface area contributed by atoms with Crippen LogP contribution >= 0.6 is 0 Å². The molecule has 0 atom stereocenters. The number of aliphatic hydroxyl groups is 1. The van der Waals surface area contributed by atoms with Gasteiger partial charge < -0.3 is 16.2 Å². The first kappa shape index (κ1) is 13.4. The summed E-state index contributed by atoms with van der Waals surface area (Å²) < 4.78 is 25.5. The number of hydrogen-bond acceptors (Lipinski definition) is 4. The van der Waals surface area contributed by atoms with Gasteiger partial charge in [0.05, 0.1) is 6.54 Å². The molecule has 0 fully saturated rings. The van der Waals surface area contributed by atoms with Crippen molar-refractivity contribution in [2.75, 3.05) is 24.2 Å². The van der Waals surface area contributed by atoms with Gasteiger partial charge in [0.25, 0.3) is 5.92 Å². The maximum absolute atomic E-state index is 12.7. The van der Waals surface area contributed by atoms with E-state index >= 15 is 0 Å². The van der Waals surface area contributed by atoms with Crippen molar-refractivity contribution in [3.05, 3.63) is 23.8 Å². The summed E-state index contributed by atoms with van der Waals surface area (Å²) in [5, 5.41) is 10.8. The molecule has 4 nitrogen and oxygen atoms in total. The topological polar surface area (TPSA) is 75.3 Å². The van der Waals surface area contributed by atoms with Crippen LogP contribution in [0.3, 0.4) is 0 Å². The van der Waals surface area contributed by atoms with Crippen LogP contribution in [0.15, 0.2) is 18.2 Å². The van der Waals surface area contributed by atoms with Crippen molar-refractivity contribution < 1.29 is 18.7 Å². The van der Waals surface area contributed by atoms with E-state index in [1.807, 2.05) is 0 Å². The minimum absolute atomic E-state index is 0.185. The molecule has 0 radical (unpaired) electrons. The Balaban J connectivity index is 2.75. The van der Waals surface area contributed by atoms with E-state index in [0.29, 0.717) is 11.3 Å².